The highest BCUT2D eigenvalue weighted by molar-refractivity contribution is 5.44. The summed E-state index contributed by atoms with van der Waals surface area (Å²) in [7, 11) is 3.26. The molecule has 20 heavy (non-hydrogen) atoms. The molecule has 4 heteroatoms. The van der Waals surface area contributed by atoms with Crippen molar-refractivity contribution in [3.8, 4) is 17.6 Å². The highest BCUT2D eigenvalue weighted by atomic mass is 16.5. The number of nitrogens with zero attached hydrogens (tertiary/aromatic N) is 2. The summed E-state index contributed by atoms with van der Waals surface area (Å²) in [5.74, 6) is 1.32. The van der Waals surface area contributed by atoms with Crippen LogP contribution in [-0.2, 0) is 0 Å². The molecule has 108 valence electrons. The number of ether oxygens (including phenoxy) is 2. The fraction of sp³-hybridized carbons (Fsp3) is 0.562. The van der Waals surface area contributed by atoms with Gasteiger partial charge < -0.3 is 14.4 Å². The maximum absolute atomic E-state index is 9.49. The molecular weight excluding hydrogens is 252 g/mol. The summed E-state index contributed by atoms with van der Waals surface area (Å²) in [6.45, 7) is 2.96. The van der Waals surface area contributed by atoms with Gasteiger partial charge in [-0.3, -0.25) is 0 Å². The van der Waals surface area contributed by atoms with Crippen LogP contribution in [0, 0.1) is 11.3 Å². The third kappa shape index (κ3) is 3.43. The fourth-order valence-corrected chi connectivity index (χ4v) is 2.72. The molecule has 1 atom stereocenters. The highest BCUT2D eigenvalue weighted by Crippen LogP contribution is 2.31. The Labute approximate surface area is 120 Å². The van der Waals surface area contributed by atoms with Gasteiger partial charge in [-0.05, 0) is 32.0 Å². The molecule has 1 saturated heterocycles. The van der Waals surface area contributed by atoms with Crippen LogP contribution in [-0.4, -0.2) is 38.8 Å². The van der Waals surface area contributed by atoms with E-state index in [4.69, 9.17) is 9.47 Å². The molecule has 0 aliphatic carbocycles. The lowest BCUT2D eigenvalue weighted by atomic mass is 9.97. The summed E-state index contributed by atoms with van der Waals surface area (Å²) >= 11 is 0. The Balaban J connectivity index is 2.16. The van der Waals surface area contributed by atoms with Crippen molar-refractivity contribution in [3.63, 3.8) is 0 Å². The number of methoxy groups -OCH3 is 2. The molecule has 0 aromatic heterocycles. The first-order valence-corrected chi connectivity index (χ1v) is 7.12. The molecule has 1 heterocycles. The molecule has 1 unspecified atom stereocenters. The second-order valence-corrected chi connectivity index (χ2v) is 5.15. The zero-order chi connectivity index (χ0) is 14.4. The molecule has 2 rings (SSSR count). The number of rotatable bonds is 5. The topological polar surface area (TPSA) is 45.5 Å². The first-order valence-electron chi connectivity index (χ1n) is 7.12. The van der Waals surface area contributed by atoms with E-state index in [1.54, 1.807) is 14.2 Å². The number of hydrogen-bond acceptors (Lipinski definition) is 4. The Morgan fingerprint density at radius 3 is 2.55 bits per heavy atom. The van der Waals surface area contributed by atoms with E-state index in [0.29, 0.717) is 0 Å². The van der Waals surface area contributed by atoms with Gasteiger partial charge in [-0.2, -0.15) is 5.26 Å². The molecule has 0 radical (unpaired) electrons. The van der Waals surface area contributed by atoms with Crippen LogP contribution in [0.25, 0.3) is 0 Å². The van der Waals surface area contributed by atoms with Gasteiger partial charge in [0.15, 0.2) is 0 Å². The van der Waals surface area contributed by atoms with E-state index in [2.05, 4.69) is 11.0 Å². The van der Waals surface area contributed by atoms with E-state index < -0.39 is 0 Å². The monoisotopic (exact) mass is 274 g/mol. The summed E-state index contributed by atoms with van der Waals surface area (Å²) in [5, 5.41) is 9.49. The predicted octanol–water partition coefficient (Wildman–Crippen LogP) is 2.80. The third-order valence-electron chi connectivity index (χ3n) is 3.86. The average molecular weight is 274 g/mol. The maximum Gasteiger partial charge on any atom is 0.127 e. The number of nitriles is 1. The first kappa shape index (κ1) is 14.7. The van der Waals surface area contributed by atoms with Crippen molar-refractivity contribution in [2.75, 3.05) is 33.9 Å². The summed E-state index contributed by atoms with van der Waals surface area (Å²) in [5.41, 5.74) is 0.946. The van der Waals surface area contributed by atoms with E-state index in [1.807, 2.05) is 18.2 Å². The second kappa shape index (κ2) is 7.16. The molecule has 0 N–H and O–H groups in total. The first-order chi connectivity index (χ1) is 9.78. The van der Waals surface area contributed by atoms with Gasteiger partial charge in [-0.25, -0.2) is 0 Å². The fourth-order valence-electron chi connectivity index (χ4n) is 2.72. The zero-order valence-electron chi connectivity index (χ0n) is 12.3. The molecule has 0 bridgehead atoms. The predicted molar refractivity (Wildman–Crippen MR) is 78.2 cm³/mol. The molecular formula is C16H22N2O2. The Morgan fingerprint density at radius 2 is 1.95 bits per heavy atom. The molecule has 0 spiro atoms. The van der Waals surface area contributed by atoms with Crippen molar-refractivity contribution in [3.05, 3.63) is 23.8 Å². The highest BCUT2D eigenvalue weighted by Gasteiger charge is 2.21. The minimum absolute atomic E-state index is 0.158. The van der Waals surface area contributed by atoms with Gasteiger partial charge in [0, 0.05) is 18.2 Å². The van der Waals surface area contributed by atoms with Gasteiger partial charge in [0.2, 0.25) is 0 Å². The van der Waals surface area contributed by atoms with Crippen molar-refractivity contribution in [2.45, 2.75) is 25.2 Å². The van der Waals surface area contributed by atoms with Crippen molar-refractivity contribution in [1.29, 1.82) is 5.26 Å². The summed E-state index contributed by atoms with van der Waals surface area (Å²) in [6, 6.07) is 8.09. The van der Waals surface area contributed by atoms with Crippen LogP contribution in [0.1, 0.15) is 30.7 Å². The van der Waals surface area contributed by atoms with Gasteiger partial charge in [-0.15, -0.1) is 0 Å². The van der Waals surface area contributed by atoms with Crippen LogP contribution in [0.2, 0.25) is 0 Å². The summed E-state index contributed by atoms with van der Waals surface area (Å²) < 4.78 is 10.6. The van der Waals surface area contributed by atoms with Gasteiger partial charge in [0.25, 0.3) is 0 Å². The van der Waals surface area contributed by atoms with E-state index >= 15 is 0 Å². The Kier molecular flexibility index (Phi) is 5.25. The van der Waals surface area contributed by atoms with E-state index in [1.165, 1.54) is 19.3 Å². The van der Waals surface area contributed by atoms with Crippen LogP contribution in [0.15, 0.2) is 18.2 Å². The van der Waals surface area contributed by atoms with Gasteiger partial charge >= 0.3 is 0 Å². The van der Waals surface area contributed by atoms with Gasteiger partial charge in [0.05, 0.1) is 26.2 Å². The molecule has 1 fully saturated rings. The smallest absolute Gasteiger partial charge is 0.127 e. The Morgan fingerprint density at radius 1 is 1.20 bits per heavy atom. The zero-order valence-corrected chi connectivity index (χ0v) is 12.3. The lowest BCUT2D eigenvalue weighted by molar-refractivity contribution is 0.224. The number of likely N-dealkylation sites (tertiary alicyclic amines) is 1. The van der Waals surface area contributed by atoms with Crippen molar-refractivity contribution >= 4 is 0 Å². The minimum Gasteiger partial charge on any atom is -0.497 e. The van der Waals surface area contributed by atoms with Gasteiger partial charge in [0.1, 0.15) is 11.5 Å². The maximum atomic E-state index is 9.49. The van der Waals surface area contributed by atoms with Crippen LogP contribution in [0.3, 0.4) is 0 Å². The molecule has 1 aliphatic rings. The number of benzene rings is 1. The molecule has 1 aromatic rings. The van der Waals surface area contributed by atoms with E-state index in [9.17, 15) is 5.26 Å². The average Bonchev–Trinajstić information content (AvgIpc) is 2.53. The van der Waals surface area contributed by atoms with Crippen LogP contribution in [0.5, 0.6) is 11.5 Å². The van der Waals surface area contributed by atoms with Crippen molar-refractivity contribution < 1.29 is 9.47 Å². The van der Waals surface area contributed by atoms with Crippen LogP contribution >= 0.6 is 0 Å². The third-order valence-corrected chi connectivity index (χ3v) is 3.86. The van der Waals surface area contributed by atoms with Crippen LogP contribution < -0.4 is 9.47 Å². The largest absolute Gasteiger partial charge is 0.497 e. The molecule has 1 aliphatic heterocycles. The van der Waals surface area contributed by atoms with Crippen molar-refractivity contribution in [1.82, 2.24) is 4.90 Å². The molecule has 0 amide bonds. The standard InChI is InChI=1S/C16H22N2O2/c1-19-14-6-7-15(16(10-14)20-2)13(11-17)12-18-8-4-3-5-9-18/h6-7,10,13H,3-5,8-9,12H2,1-2H3. The summed E-state index contributed by atoms with van der Waals surface area (Å²) in [4.78, 5) is 2.38. The molecule has 4 nitrogen and oxygen atoms in total. The van der Waals surface area contributed by atoms with Crippen molar-refractivity contribution in [2.24, 2.45) is 0 Å². The van der Waals surface area contributed by atoms with Crippen LogP contribution in [0.4, 0.5) is 0 Å². The number of piperidine rings is 1. The summed E-state index contributed by atoms with van der Waals surface area (Å²) in [6.07, 6.45) is 3.77. The SMILES string of the molecule is COc1ccc(C(C#N)CN2CCCCC2)c(OC)c1. The lowest BCUT2D eigenvalue weighted by Crippen LogP contribution is -2.33. The second-order valence-electron chi connectivity index (χ2n) is 5.15. The quantitative estimate of drug-likeness (QED) is 0.828. The lowest BCUT2D eigenvalue weighted by Gasteiger charge is -2.28. The minimum atomic E-state index is -0.158. The van der Waals surface area contributed by atoms with E-state index in [0.717, 1.165) is 36.7 Å². The Bertz CT molecular complexity index is 476. The normalized spacial score (nSPS) is 17.2. The van der Waals surface area contributed by atoms with Gasteiger partial charge in [-0.1, -0.05) is 12.5 Å². The number of hydrogen-bond donors (Lipinski definition) is 0. The molecule has 1 aromatic carbocycles. The van der Waals surface area contributed by atoms with E-state index in [-0.39, 0.29) is 5.92 Å². The molecule has 0 saturated carbocycles. The Hall–Kier alpha value is -1.73.